The molecule has 0 bridgehead atoms. The van der Waals surface area contributed by atoms with Crippen LogP contribution in [-0.4, -0.2) is 29.3 Å². The second-order valence-corrected chi connectivity index (χ2v) is 5.73. The van der Waals surface area contributed by atoms with Crippen molar-refractivity contribution in [3.8, 4) is 0 Å². The van der Waals surface area contributed by atoms with Crippen LogP contribution in [0.3, 0.4) is 0 Å². The zero-order chi connectivity index (χ0) is 16.1. The first kappa shape index (κ1) is 15.3. The van der Waals surface area contributed by atoms with Crippen molar-refractivity contribution in [3.63, 3.8) is 0 Å². The summed E-state index contributed by atoms with van der Waals surface area (Å²) in [4.78, 5) is 26.7. The smallest absolute Gasteiger partial charge is 0.254 e. The largest absolute Gasteiger partial charge is 0.350 e. The van der Waals surface area contributed by atoms with Gasteiger partial charge in [-0.1, -0.05) is 48.5 Å². The van der Waals surface area contributed by atoms with Gasteiger partial charge in [-0.05, 0) is 30.5 Å². The first-order chi connectivity index (χ1) is 11.3. The van der Waals surface area contributed by atoms with E-state index in [2.05, 4.69) is 5.32 Å². The molecule has 1 fully saturated rings. The van der Waals surface area contributed by atoms with Crippen LogP contribution < -0.4 is 5.32 Å². The van der Waals surface area contributed by atoms with E-state index in [9.17, 15) is 9.59 Å². The van der Waals surface area contributed by atoms with E-state index >= 15 is 0 Å². The Hall–Kier alpha value is -2.62. The predicted molar refractivity (Wildman–Crippen MR) is 88.8 cm³/mol. The Balaban J connectivity index is 1.64. The standard InChI is InChI=1S/C19H20N2O2/c22-18(20-14-15-8-3-1-4-9-15)17-12-7-13-21(17)19(23)16-10-5-2-6-11-16/h1-6,8-11,17H,7,12-14H2,(H,20,22)/t17-/m0/s1. The molecule has 0 aromatic heterocycles. The van der Waals surface area contributed by atoms with Crippen LogP contribution in [-0.2, 0) is 11.3 Å². The number of hydrogen-bond acceptors (Lipinski definition) is 2. The van der Waals surface area contributed by atoms with E-state index in [-0.39, 0.29) is 17.9 Å². The number of benzene rings is 2. The summed E-state index contributed by atoms with van der Waals surface area (Å²) in [5.41, 5.74) is 1.69. The molecular formula is C19H20N2O2. The van der Waals surface area contributed by atoms with E-state index < -0.39 is 0 Å². The van der Waals surface area contributed by atoms with Gasteiger partial charge in [-0.25, -0.2) is 0 Å². The Labute approximate surface area is 136 Å². The lowest BCUT2D eigenvalue weighted by molar-refractivity contribution is -0.125. The van der Waals surface area contributed by atoms with E-state index in [0.717, 1.165) is 18.4 Å². The minimum Gasteiger partial charge on any atom is -0.350 e. The fraction of sp³-hybridized carbons (Fsp3) is 0.263. The fourth-order valence-corrected chi connectivity index (χ4v) is 2.93. The van der Waals surface area contributed by atoms with Crippen LogP contribution in [0, 0.1) is 0 Å². The maximum absolute atomic E-state index is 12.6. The molecule has 0 unspecified atom stereocenters. The molecule has 23 heavy (non-hydrogen) atoms. The van der Waals surface area contributed by atoms with Crippen LogP contribution in [0.5, 0.6) is 0 Å². The van der Waals surface area contributed by atoms with Gasteiger partial charge in [-0.15, -0.1) is 0 Å². The summed E-state index contributed by atoms with van der Waals surface area (Å²) in [6.07, 6.45) is 1.58. The molecule has 118 valence electrons. The van der Waals surface area contributed by atoms with Gasteiger partial charge in [0.1, 0.15) is 6.04 Å². The first-order valence-electron chi connectivity index (χ1n) is 7.93. The molecule has 1 atom stereocenters. The number of likely N-dealkylation sites (tertiary alicyclic amines) is 1. The number of hydrogen-bond donors (Lipinski definition) is 1. The summed E-state index contributed by atoms with van der Waals surface area (Å²) in [5.74, 6) is -0.140. The minimum absolute atomic E-state index is 0.0667. The van der Waals surface area contributed by atoms with Gasteiger partial charge in [0.25, 0.3) is 5.91 Å². The van der Waals surface area contributed by atoms with Crippen LogP contribution in [0.4, 0.5) is 0 Å². The Bertz CT molecular complexity index is 670. The van der Waals surface area contributed by atoms with Gasteiger partial charge < -0.3 is 10.2 Å². The third-order valence-corrected chi connectivity index (χ3v) is 4.15. The molecule has 1 saturated heterocycles. The minimum atomic E-state index is -0.369. The zero-order valence-corrected chi connectivity index (χ0v) is 12.9. The van der Waals surface area contributed by atoms with Crippen molar-refractivity contribution in [1.29, 1.82) is 0 Å². The molecule has 0 spiro atoms. The SMILES string of the molecule is O=C(NCc1ccccc1)[C@@H]1CCCN1C(=O)c1ccccc1. The molecule has 0 radical (unpaired) electrons. The lowest BCUT2D eigenvalue weighted by Gasteiger charge is -2.24. The van der Waals surface area contributed by atoms with Gasteiger partial charge >= 0.3 is 0 Å². The van der Waals surface area contributed by atoms with E-state index in [4.69, 9.17) is 0 Å². The number of carbonyl (C=O) groups excluding carboxylic acids is 2. The highest BCUT2D eigenvalue weighted by molar-refractivity contribution is 5.97. The normalized spacial score (nSPS) is 17.0. The van der Waals surface area contributed by atoms with Gasteiger partial charge in [0.2, 0.25) is 5.91 Å². The Kier molecular flexibility index (Phi) is 4.71. The van der Waals surface area contributed by atoms with Crippen molar-refractivity contribution in [2.75, 3.05) is 6.54 Å². The number of nitrogens with zero attached hydrogens (tertiary/aromatic N) is 1. The molecular weight excluding hydrogens is 288 g/mol. The highest BCUT2D eigenvalue weighted by atomic mass is 16.2. The molecule has 0 aliphatic carbocycles. The van der Waals surface area contributed by atoms with Crippen molar-refractivity contribution in [1.82, 2.24) is 10.2 Å². The second-order valence-electron chi connectivity index (χ2n) is 5.73. The second kappa shape index (κ2) is 7.09. The molecule has 1 aliphatic heterocycles. The van der Waals surface area contributed by atoms with E-state index in [1.54, 1.807) is 17.0 Å². The summed E-state index contributed by atoms with van der Waals surface area (Å²) in [6, 6.07) is 18.6. The van der Waals surface area contributed by atoms with Crippen molar-refractivity contribution >= 4 is 11.8 Å². The Morgan fingerprint density at radius 1 is 1.00 bits per heavy atom. The third kappa shape index (κ3) is 3.59. The molecule has 2 aromatic carbocycles. The monoisotopic (exact) mass is 308 g/mol. The molecule has 4 nitrogen and oxygen atoms in total. The quantitative estimate of drug-likeness (QED) is 0.944. The average molecular weight is 308 g/mol. The number of rotatable bonds is 4. The number of amides is 2. The summed E-state index contributed by atoms with van der Waals surface area (Å²) >= 11 is 0. The van der Waals surface area contributed by atoms with Crippen LogP contribution >= 0.6 is 0 Å². The van der Waals surface area contributed by atoms with Gasteiger partial charge in [-0.3, -0.25) is 9.59 Å². The molecule has 2 amide bonds. The van der Waals surface area contributed by atoms with Crippen LogP contribution in [0.15, 0.2) is 60.7 Å². The van der Waals surface area contributed by atoms with Crippen molar-refractivity contribution in [2.45, 2.75) is 25.4 Å². The van der Waals surface area contributed by atoms with Gasteiger partial charge in [-0.2, -0.15) is 0 Å². The summed E-state index contributed by atoms with van der Waals surface area (Å²) in [6.45, 7) is 1.13. The van der Waals surface area contributed by atoms with Crippen LogP contribution in [0.1, 0.15) is 28.8 Å². The molecule has 1 heterocycles. The first-order valence-corrected chi connectivity index (χ1v) is 7.93. The van der Waals surface area contributed by atoms with Gasteiger partial charge in [0.15, 0.2) is 0 Å². The predicted octanol–water partition coefficient (Wildman–Crippen LogP) is 2.61. The molecule has 3 rings (SSSR count). The molecule has 1 N–H and O–H groups in total. The third-order valence-electron chi connectivity index (χ3n) is 4.15. The molecule has 1 aliphatic rings. The van der Waals surface area contributed by atoms with E-state index in [0.29, 0.717) is 18.7 Å². The number of nitrogens with one attached hydrogen (secondary N) is 1. The van der Waals surface area contributed by atoms with E-state index in [1.807, 2.05) is 48.5 Å². The van der Waals surface area contributed by atoms with Crippen LogP contribution in [0.2, 0.25) is 0 Å². The topological polar surface area (TPSA) is 49.4 Å². The molecule has 4 heteroatoms. The van der Waals surface area contributed by atoms with Crippen molar-refractivity contribution < 1.29 is 9.59 Å². The van der Waals surface area contributed by atoms with Crippen molar-refractivity contribution in [3.05, 3.63) is 71.8 Å². The highest BCUT2D eigenvalue weighted by Gasteiger charge is 2.34. The Morgan fingerprint density at radius 2 is 1.65 bits per heavy atom. The van der Waals surface area contributed by atoms with Gasteiger partial charge in [0.05, 0.1) is 0 Å². The Morgan fingerprint density at radius 3 is 2.35 bits per heavy atom. The molecule has 0 saturated carbocycles. The zero-order valence-electron chi connectivity index (χ0n) is 12.9. The maximum atomic E-state index is 12.6. The van der Waals surface area contributed by atoms with E-state index in [1.165, 1.54) is 0 Å². The lowest BCUT2D eigenvalue weighted by Crippen LogP contribution is -2.45. The average Bonchev–Trinajstić information content (AvgIpc) is 3.10. The summed E-state index contributed by atoms with van der Waals surface area (Å²) in [7, 11) is 0. The summed E-state index contributed by atoms with van der Waals surface area (Å²) < 4.78 is 0. The van der Waals surface area contributed by atoms with Crippen LogP contribution in [0.25, 0.3) is 0 Å². The summed E-state index contributed by atoms with van der Waals surface area (Å²) in [5, 5.41) is 2.94. The lowest BCUT2D eigenvalue weighted by atomic mass is 10.1. The highest BCUT2D eigenvalue weighted by Crippen LogP contribution is 2.20. The molecule has 2 aromatic rings. The van der Waals surface area contributed by atoms with Gasteiger partial charge in [0, 0.05) is 18.7 Å². The fourth-order valence-electron chi connectivity index (χ4n) is 2.93. The van der Waals surface area contributed by atoms with Crippen molar-refractivity contribution in [2.24, 2.45) is 0 Å². The maximum Gasteiger partial charge on any atom is 0.254 e. The number of carbonyl (C=O) groups is 2.